The van der Waals surface area contributed by atoms with Crippen molar-refractivity contribution in [3.05, 3.63) is 64.8 Å². The molecule has 3 aromatic rings. The van der Waals surface area contributed by atoms with Crippen LogP contribution in [0.3, 0.4) is 0 Å². The van der Waals surface area contributed by atoms with Crippen LogP contribution in [0.25, 0.3) is 10.8 Å². The van der Waals surface area contributed by atoms with E-state index in [1.807, 2.05) is 4.90 Å². The molecule has 5 rings (SSSR count). The van der Waals surface area contributed by atoms with E-state index >= 15 is 0 Å². The Hall–Kier alpha value is -3.82. The van der Waals surface area contributed by atoms with Gasteiger partial charge in [0.05, 0.1) is 31.7 Å². The maximum Gasteiger partial charge on any atom is 0.253 e. The second-order valence-corrected chi connectivity index (χ2v) is 8.40. The number of carbonyl (C=O) groups excluding carboxylic acids is 1. The molecule has 2 aliphatic heterocycles. The van der Waals surface area contributed by atoms with Crippen LogP contribution in [0.5, 0.6) is 0 Å². The molecule has 4 heterocycles. The number of morpholine rings is 1. The molecule has 0 spiro atoms. The minimum Gasteiger partial charge on any atom is -0.370 e. The number of nitrogens with zero attached hydrogens (tertiary/aromatic N) is 9. The fourth-order valence-electron chi connectivity index (χ4n) is 4.34. The van der Waals surface area contributed by atoms with E-state index in [0.29, 0.717) is 61.1 Å². The Morgan fingerprint density at radius 1 is 1.26 bits per heavy atom. The number of carbonyl (C=O) groups is 1. The van der Waals surface area contributed by atoms with E-state index in [1.54, 1.807) is 25.4 Å². The number of ether oxygens (including phenoxy) is 1. The molecule has 2 atom stereocenters. The molecule has 11 nitrogen and oxygen atoms in total. The lowest BCUT2D eigenvalue weighted by molar-refractivity contribution is -0.139. The number of piperazine rings is 1. The van der Waals surface area contributed by atoms with E-state index in [1.165, 1.54) is 17.1 Å². The predicted octanol–water partition coefficient (Wildman–Crippen LogP) is 1.28. The first-order chi connectivity index (χ1) is 16.5. The third kappa shape index (κ3) is 4.35. The van der Waals surface area contributed by atoms with Gasteiger partial charge in [-0.3, -0.25) is 9.69 Å². The minimum atomic E-state index is -0.435. The molecule has 0 bridgehead atoms. The van der Waals surface area contributed by atoms with Gasteiger partial charge in [0.2, 0.25) is 5.91 Å². The molecule has 0 saturated carbocycles. The quantitative estimate of drug-likeness (QED) is 0.533. The fraction of sp³-hybridized carbons (Fsp3) is 0.409. The molecule has 2 aromatic heterocycles. The van der Waals surface area contributed by atoms with Gasteiger partial charge in [-0.15, -0.1) is 5.10 Å². The highest BCUT2D eigenvalue weighted by molar-refractivity contribution is 5.78. The Bertz CT molecular complexity index is 1230. The van der Waals surface area contributed by atoms with Crippen LogP contribution >= 0.6 is 0 Å². The smallest absolute Gasteiger partial charge is 0.253 e. The van der Waals surface area contributed by atoms with Crippen LogP contribution in [0, 0.1) is 19.3 Å². The van der Waals surface area contributed by atoms with Gasteiger partial charge in [0.15, 0.2) is 5.69 Å². The molecular weight excluding hydrogens is 441 g/mol. The standard InChI is InChI=1S/C22H22FN9O2/c1-14-5-18(23)17(7-19(14)24-2)20-11-30-3-4-31(10-16(30)12-34-20)21(33)6-15-8-25-22(26-9-15)32-13-27-28-29-32/h5,7-9,13,16,20H,3-4,6,10-12H2,1H3/t16-,20-/m0/s1. The summed E-state index contributed by atoms with van der Waals surface area (Å²) in [6.07, 6.45) is 4.35. The lowest BCUT2D eigenvalue weighted by Crippen LogP contribution is -2.59. The van der Waals surface area contributed by atoms with E-state index < -0.39 is 6.10 Å². The van der Waals surface area contributed by atoms with Crippen molar-refractivity contribution in [2.45, 2.75) is 25.5 Å². The van der Waals surface area contributed by atoms with Gasteiger partial charge in [-0.2, -0.15) is 4.68 Å². The summed E-state index contributed by atoms with van der Waals surface area (Å²) in [5.41, 5.74) is 2.17. The summed E-state index contributed by atoms with van der Waals surface area (Å²) >= 11 is 0. The van der Waals surface area contributed by atoms with Crippen molar-refractivity contribution in [1.29, 1.82) is 0 Å². The first-order valence-electron chi connectivity index (χ1n) is 10.9. The Kier molecular flexibility index (Phi) is 5.95. The number of hydrogen-bond donors (Lipinski definition) is 0. The maximum atomic E-state index is 14.6. The van der Waals surface area contributed by atoms with Crippen LogP contribution in [0.1, 0.15) is 22.8 Å². The van der Waals surface area contributed by atoms with Crippen LogP contribution < -0.4 is 0 Å². The third-order valence-electron chi connectivity index (χ3n) is 6.23. The van der Waals surface area contributed by atoms with E-state index in [4.69, 9.17) is 11.3 Å². The zero-order valence-electron chi connectivity index (χ0n) is 18.5. The number of amides is 1. The van der Waals surface area contributed by atoms with Gasteiger partial charge in [0, 0.05) is 44.1 Å². The van der Waals surface area contributed by atoms with Gasteiger partial charge in [-0.05, 0) is 40.6 Å². The number of aryl methyl sites for hydroxylation is 1. The Balaban J connectivity index is 1.19. The molecular formula is C22H22FN9O2. The topological polar surface area (TPSA) is 107 Å². The molecule has 0 unspecified atom stereocenters. The summed E-state index contributed by atoms with van der Waals surface area (Å²) in [6.45, 7) is 11.7. The number of tetrazole rings is 1. The fourth-order valence-corrected chi connectivity index (χ4v) is 4.34. The van der Waals surface area contributed by atoms with Gasteiger partial charge in [0.1, 0.15) is 12.1 Å². The van der Waals surface area contributed by atoms with Crippen molar-refractivity contribution < 1.29 is 13.9 Å². The lowest BCUT2D eigenvalue weighted by Gasteiger charge is -2.46. The van der Waals surface area contributed by atoms with Gasteiger partial charge in [0.25, 0.3) is 5.95 Å². The van der Waals surface area contributed by atoms with E-state index in [9.17, 15) is 9.18 Å². The molecule has 0 N–H and O–H groups in total. The molecule has 2 aliphatic rings. The highest BCUT2D eigenvalue weighted by Crippen LogP contribution is 2.32. The molecule has 174 valence electrons. The summed E-state index contributed by atoms with van der Waals surface area (Å²) < 4.78 is 21.9. The first kappa shape index (κ1) is 22.0. The van der Waals surface area contributed by atoms with Crippen molar-refractivity contribution in [2.24, 2.45) is 0 Å². The Morgan fingerprint density at radius 2 is 2.09 bits per heavy atom. The van der Waals surface area contributed by atoms with Crippen LogP contribution in [0.4, 0.5) is 10.1 Å². The zero-order valence-corrected chi connectivity index (χ0v) is 18.5. The monoisotopic (exact) mass is 463 g/mol. The Morgan fingerprint density at radius 3 is 2.82 bits per heavy atom. The molecule has 34 heavy (non-hydrogen) atoms. The van der Waals surface area contributed by atoms with Gasteiger partial charge < -0.3 is 9.64 Å². The molecule has 0 aliphatic carbocycles. The van der Waals surface area contributed by atoms with Crippen molar-refractivity contribution in [1.82, 2.24) is 40.0 Å². The summed E-state index contributed by atoms with van der Waals surface area (Å²) in [6, 6.07) is 3.03. The highest BCUT2D eigenvalue weighted by atomic mass is 19.1. The molecule has 2 saturated heterocycles. The van der Waals surface area contributed by atoms with E-state index in [-0.39, 0.29) is 24.2 Å². The molecule has 0 radical (unpaired) electrons. The van der Waals surface area contributed by atoms with Gasteiger partial charge >= 0.3 is 0 Å². The third-order valence-corrected chi connectivity index (χ3v) is 6.23. The summed E-state index contributed by atoms with van der Waals surface area (Å²) in [5.74, 6) is -0.0282. The minimum absolute atomic E-state index is 0.00757. The van der Waals surface area contributed by atoms with Crippen molar-refractivity contribution in [3.63, 3.8) is 0 Å². The number of benzene rings is 1. The molecule has 1 amide bonds. The van der Waals surface area contributed by atoms with Crippen LogP contribution in [0.2, 0.25) is 0 Å². The van der Waals surface area contributed by atoms with Gasteiger partial charge in [-0.25, -0.2) is 19.2 Å². The summed E-state index contributed by atoms with van der Waals surface area (Å²) in [5, 5.41) is 10.8. The maximum absolute atomic E-state index is 14.6. The average Bonchev–Trinajstić information content (AvgIpc) is 3.39. The average molecular weight is 463 g/mol. The number of rotatable bonds is 4. The summed E-state index contributed by atoms with van der Waals surface area (Å²) in [7, 11) is 0. The number of halogens is 1. The number of fused-ring (bicyclic) bond motifs is 1. The van der Waals surface area contributed by atoms with Gasteiger partial charge in [-0.1, -0.05) is 0 Å². The van der Waals surface area contributed by atoms with Crippen LogP contribution in [-0.2, 0) is 16.0 Å². The second kappa shape index (κ2) is 9.20. The molecule has 1 aromatic carbocycles. The van der Waals surface area contributed by atoms with Crippen molar-refractivity contribution in [3.8, 4) is 5.95 Å². The number of hydrogen-bond acceptors (Lipinski definition) is 8. The second-order valence-electron chi connectivity index (χ2n) is 8.40. The van der Waals surface area contributed by atoms with E-state index in [0.717, 1.165) is 0 Å². The predicted molar refractivity (Wildman–Crippen MR) is 116 cm³/mol. The zero-order chi connectivity index (χ0) is 23.7. The first-order valence-corrected chi connectivity index (χ1v) is 10.9. The SMILES string of the molecule is [C-]#[N+]c1cc([C@@H]2CN3CCN(C(=O)Cc4cnc(-n5cnnn5)nc4)C[C@H]3CO2)c(F)cc1C. The summed E-state index contributed by atoms with van der Waals surface area (Å²) in [4.78, 5) is 28.8. The van der Waals surface area contributed by atoms with Crippen molar-refractivity contribution >= 4 is 11.6 Å². The molecule has 2 fully saturated rings. The van der Waals surface area contributed by atoms with E-state index in [2.05, 4.69) is 35.2 Å². The van der Waals surface area contributed by atoms with Crippen LogP contribution in [0.15, 0.2) is 30.9 Å². The Labute approximate surface area is 195 Å². The van der Waals surface area contributed by atoms with Crippen molar-refractivity contribution in [2.75, 3.05) is 32.8 Å². The highest BCUT2D eigenvalue weighted by Gasteiger charge is 2.36. The molecule has 12 heteroatoms. The largest absolute Gasteiger partial charge is 0.370 e. The lowest BCUT2D eigenvalue weighted by atomic mass is 10.0. The van der Waals surface area contributed by atoms with Crippen LogP contribution in [-0.4, -0.2) is 84.7 Å². The normalized spacial score (nSPS) is 20.6. The number of aromatic nitrogens is 6.